The van der Waals surface area contributed by atoms with Gasteiger partial charge in [-0.05, 0) is 48.9 Å². The third-order valence-corrected chi connectivity index (χ3v) is 4.73. The van der Waals surface area contributed by atoms with Crippen LogP contribution in [0.1, 0.15) is 30.0 Å². The van der Waals surface area contributed by atoms with Crippen LogP contribution in [0.2, 0.25) is 0 Å². The van der Waals surface area contributed by atoms with Gasteiger partial charge in [-0.2, -0.15) is 5.10 Å². The van der Waals surface area contributed by atoms with Crippen LogP contribution in [0.15, 0.2) is 28.7 Å². The van der Waals surface area contributed by atoms with E-state index in [-0.39, 0.29) is 5.75 Å². The Bertz CT molecular complexity index is 658. The number of hydrogen-bond donors (Lipinski definition) is 2. The minimum atomic E-state index is 0.287. The summed E-state index contributed by atoms with van der Waals surface area (Å²) >= 11 is 1.53. The van der Waals surface area contributed by atoms with Crippen molar-refractivity contribution in [2.75, 3.05) is 0 Å². The summed E-state index contributed by atoms with van der Waals surface area (Å²) in [4.78, 5) is 0.896. The van der Waals surface area contributed by atoms with Crippen LogP contribution in [0.5, 0.6) is 5.75 Å². The molecule has 4 heteroatoms. The first kappa shape index (κ1) is 12.2. The first-order valence-corrected chi connectivity index (χ1v) is 7.26. The van der Waals surface area contributed by atoms with Crippen molar-refractivity contribution in [3.8, 4) is 16.2 Å². The molecule has 1 heterocycles. The number of aromatic hydroxyl groups is 1. The maximum atomic E-state index is 10.3. The zero-order chi connectivity index (χ0) is 13.4. The maximum Gasteiger partial charge on any atom is 0.143 e. The van der Waals surface area contributed by atoms with E-state index >= 15 is 0 Å². The van der Waals surface area contributed by atoms with Crippen molar-refractivity contribution < 1.29 is 5.11 Å². The van der Waals surface area contributed by atoms with Crippen LogP contribution in [0.25, 0.3) is 10.4 Å². The van der Waals surface area contributed by atoms with Crippen molar-refractivity contribution in [3.63, 3.8) is 0 Å². The Balaban J connectivity index is 2.06. The molecule has 0 unspecified atom stereocenters. The fourth-order valence-corrected chi connectivity index (χ4v) is 3.60. The molecule has 19 heavy (non-hydrogen) atoms. The molecule has 0 spiro atoms. The summed E-state index contributed by atoms with van der Waals surface area (Å²) < 4.78 is 0. The molecule has 0 amide bonds. The second-order valence-corrected chi connectivity index (χ2v) is 5.76. The standard InChI is InChI=1S/C15H16N2OS/c1-9(17-16)13-8-19-15(14(13)18)12-6-5-10-3-2-4-11(10)7-12/h5-8,18H,2-4,16H2,1H3/b17-9+. The Morgan fingerprint density at radius 2 is 2.11 bits per heavy atom. The highest BCUT2D eigenvalue weighted by atomic mass is 32.1. The van der Waals surface area contributed by atoms with Crippen molar-refractivity contribution in [3.05, 3.63) is 40.3 Å². The normalized spacial score (nSPS) is 14.7. The van der Waals surface area contributed by atoms with Crippen LogP contribution in [0, 0.1) is 0 Å². The fraction of sp³-hybridized carbons (Fsp3) is 0.267. The Morgan fingerprint density at radius 3 is 2.89 bits per heavy atom. The summed E-state index contributed by atoms with van der Waals surface area (Å²) in [7, 11) is 0. The van der Waals surface area contributed by atoms with Crippen LogP contribution >= 0.6 is 11.3 Å². The van der Waals surface area contributed by atoms with E-state index in [0.29, 0.717) is 5.71 Å². The highest BCUT2D eigenvalue weighted by Crippen LogP contribution is 2.40. The maximum absolute atomic E-state index is 10.3. The SMILES string of the molecule is C/C(=N\N)c1csc(-c2ccc3c(c2)CCC3)c1O. The summed E-state index contributed by atoms with van der Waals surface area (Å²) in [5.41, 5.74) is 5.32. The number of aryl methyl sites for hydroxylation is 2. The lowest BCUT2D eigenvalue weighted by molar-refractivity contribution is 0.478. The Labute approximate surface area is 116 Å². The van der Waals surface area contributed by atoms with Gasteiger partial charge in [-0.15, -0.1) is 11.3 Å². The molecule has 3 rings (SSSR count). The Hall–Kier alpha value is -1.81. The summed E-state index contributed by atoms with van der Waals surface area (Å²) in [5.74, 6) is 5.56. The number of fused-ring (bicyclic) bond motifs is 1. The highest BCUT2D eigenvalue weighted by molar-refractivity contribution is 7.14. The van der Waals surface area contributed by atoms with Gasteiger partial charge in [-0.25, -0.2) is 0 Å². The van der Waals surface area contributed by atoms with Crippen LogP contribution in [-0.2, 0) is 12.8 Å². The fourth-order valence-electron chi connectivity index (χ4n) is 2.60. The minimum absolute atomic E-state index is 0.287. The second-order valence-electron chi connectivity index (χ2n) is 4.88. The monoisotopic (exact) mass is 272 g/mol. The number of rotatable bonds is 2. The molecule has 1 aromatic heterocycles. The lowest BCUT2D eigenvalue weighted by Crippen LogP contribution is -1.96. The Morgan fingerprint density at radius 1 is 1.32 bits per heavy atom. The average Bonchev–Trinajstić information content (AvgIpc) is 3.03. The summed E-state index contributed by atoms with van der Waals surface area (Å²) in [6, 6.07) is 6.47. The quantitative estimate of drug-likeness (QED) is 0.500. The van der Waals surface area contributed by atoms with E-state index in [2.05, 4.69) is 23.3 Å². The van der Waals surface area contributed by atoms with E-state index in [1.807, 2.05) is 5.38 Å². The predicted molar refractivity (Wildman–Crippen MR) is 79.8 cm³/mol. The molecule has 0 radical (unpaired) electrons. The molecule has 98 valence electrons. The van der Waals surface area contributed by atoms with Crippen LogP contribution in [0.3, 0.4) is 0 Å². The van der Waals surface area contributed by atoms with Crippen LogP contribution < -0.4 is 5.84 Å². The predicted octanol–water partition coefficient (Wildman–Crippen LogP) is 3.29. The lowest BCUT2D eigenvalue weighted by Gasteiger charge is -2.04. The van der Waals surface area contributed by atoms with Crippen molar-refractivity contribution in [2.24, 2.45) is 10.9 Å². The van der Waals surface area contributed by atoms with E-state index in [4.69, 9.17) is 5.84 Å². The molecule has 3 N–H and O–H groups in total. The number of hydrazone groups is 1. The number of nitrogens with two attached hydrogens (primary N) is 1. The third kappa shape index (κ3) is 2.02. The van der Waals surface area contributed by atoms with Gasteiger partial charge in [0.2, 0.25) is 0 Å². The van der Waals surface area contributed by atoms with Gasteiger partial charge in [0, 0.05) is 5.38 Å². The van der Waals surface area contributed by atoms with Gasteiger partial charge in [-0.3, -0.25) is 0 Å². The van der Waals surface area contributed by atoms with Crippen molar-refractivity contribution in [1.29, 1.82) is 0 Å². The van der Waals surface area contributed by atoms with E-state index in [1.54, 1.807) is 6.92 Å². The molecule has 2 aromatic rings. The smallest absolute Gasteiger partial charge is 0.143 e. The summed E-state index contributed by atoms with van der Waals surface area (Å²) in [6.07, 6.45) is 3.56. The van der Waals surface area contributed by atoms with Gasteiger partial charge >= 0.3 is 0 Å². The van der Waals surface area contributed by atoms with E-state index in [0.717, 1.165) is 22.4 Å². The highest BCUT2D eigenvalue weighted by Gasteiger charge is 2.17. The molecule has 0 saturated carbocycles. The van der Waals surface area contributed by atoms with Crippen molar-refractivity contribution in [1.82, 2.24) is 0 Å². The topological polar surface area (TPSA) is 58.6 Å². The average molecular weight is 272 g/mol. The number of nitrogens with zero attached hydrogens (tertiary/aromatic N) is 1. The molecule has 3 nitrogen and oxygen atoms in total. The minimum Gasteiger partial charge on any atom is -0.506 e. The molecule has 0 bridgehead atoms. The van der Waals surface area contributed by atoms with Crippen molar-refractivity contribution in [2.45, 2.75) is 26.2 Å². The van der Waals surface area contributed by atoms with Crippen LogP contribution in [-0.4, -0.2) is 10.8 Å². The molecule has 1 aliphatic carbocycles. The van der Waals surface area contributed by atoms with Gasteiger partial charge < -0.3 is 10.9 Å². The Kier molecular flexibility index (Phi) is 3.03. The molecular weight excluding hydrogens is 256 g/mol. The molecule has 0 atom stereocenters. The van der Waals surface area contributed by atoms with Gasteiger partial charge in [0.1, 0.15) is 5.75 Å². The first-order chi connectivity index (χ1) is 9.20. The molecule has 0 aliphatic heterocycles. The lowest BCUT2D eigenvalue weighted by atomic mass is 10.0. The van der Waals surface area contributed by atoms with Gasteiger partial charge in [0.15, 0.2) is 0 Å². The molecule has 0 fully saturated rings. The van der Waals surface area contributed by atoms with Gasteiger partial charge in [-0.1, -0.05) is 12.1 Å². The summed E-state index contributed by atoms with van der Waals surface area (Å²) in [5, 5.41) is 15.9. The molecule has 1 aromatic carbocycles. The zero-order valence-corrected chi connectivity index (χ0v) is 11.6. The van der Waals surface area contributed by atoms with Gasteiger partial charge in [0.05, 0.1) is 16.2 Å². The number of benzene rings is 1. The molecular formula is C15H16N2OS. The van der Waals surface area contributed by atoms with Crippen LogP contribution in [0.4, 0.5) is 0 Å². The number of thiophene rings is 1. The van der Waals surface area contributed by atoms with Gasteiger partial charge in [0.25, 0.3) is 0 Å². The molecule has 1 aliphatic rings. The summed E-state index contributed by atoms with van der Waals surface area (Å²) in [6.45, 7) is 1.80. The molecule has 0 saturated heterocycles. The number of hydrogen-bond acceptors (Lipinski definition) is 4. The third-order valence-electron chi connectivity index (χ3n) is 3.71. The first-order valence-electron chi connectivity index (χ1n) is 6.38. The second kappa shape index (κ2) is 4.70. The van der Waals surface area contributed by atoms with E-state index in [9.17, 15) is 5.11 Å². The zero-order valence-electron chi connectivity index (χ0n) is 10.8. The largest absolute Gasteiger partial charge is 0.506 e. The van der Waals surface area contributed by atoms with Crippen molar-refractivity contribution >= 4 is 17.0 Å². The van der Waals surface area contributed by atoms with E-state index < -0.39 is 0 Å². The van der Waals surface area contributed by atoms with E-state index in [1.165, 1.54) is 35.3 Å².